The van der Waals surface area contributed by atoms with Crippen molar-refractivity contribution < 1.29 is 19.4 Å². The van der Waals surface area contributed by atoms with Crippen molar-refractivity contribution in [1.29, 1.82) is 0 Å². The molecule has 1 N–H and O–H groups in total. The Morgan fingerprint density at radius 1 is 1.16 bits per heavy atom. The van der Waals surface area contributed by atoms with Crippen LogP contribution in [0.1, 0.15) is 37.0 Å². The van der Waals surface area contributed by atoms with E-state index in [0.717, 1.165) is 18.4 Å². The van der Waals surface area contributed by atoms with Crippen LogP contribution in [0.4, 0.5) is 0 Å². The van der Waals surface area contributed by atoms with Crippen molar-refractivity contribution in [2.24, 2.45) is 0 Å². The number of carbonyl (C=O) groups is 1. The number of methoxy groups -OCH3 is 1. The van der Waals surface area contributed by atoms with Gasteiger partial charge in [0.15, 0.2) is 11.5 Å². The Labute approximate surface area is 149 Å². The standard InChI is InChI=1S/C21H26O4/c1-15-7-5-8-16(13-15)9-6-12-25-20(23)21(2,3)17-10-11-18(22)19(14-17)24-4/h5,7-8,10-11,13-14,22H,6,9,12H2,1-4H3. The molecular formula is C21H26O4. The predicted molar refractivity (Wildman–Crippen MR) is 98.1 cm³/mol. The van der Waals surface area contributed by atoms with Crippen LogP contribution in [-0.4, -0.2) is 24.8 Å². The molecule has 0 spiro atoms. The van der Waals surface area contributed by atoms with E-state index >= 15 is 0 Å². The largest absolute Gasteiger partial charge is 0.504 e. The Bertz CT molecular complexity index is 734. The van der Waals surface area contributed by atoms with E-state index in [2.05, 4.69) is 25.1 Å². The Hall–Kier alpha value is -2.49. The van der Waals surface area contributed by atoms with Crippen molar-refractivity contribution in [1.82, 2.24) is 0 Å². The van der Waals surface area contributed by atoms with Crippen LogP contribution in [0.2, 0.25) is 0 Å². The van der Waals surface area contributed by atoms with Gasteiger partial charge < -0.3 is 14.6 Å². The summed E-state index contributed by atoms with van der Waals surface area (Å²) in [5.74, 6) is 0.107. The number of aryl methyl sites for hydroxylation is 2. The zero-order valence-corrected chi connectivity index (χ0v) is 15.3. The average molecular weight is 342 g/mol. The van der Waals surface area contributed by atoms with E-state index in [1.165, 1.54) is 24.3 Å². The molecular weight excluding hydrogens is 316 g/mol. The van der Waals surface area contributed by atoms with Gasteiger partial charge >= 0.3 is 5.97 Å². The summed E-state index contributed by atoms with van der Waals surface area (Å²) in [5, 5.41) is 9.70. The third kappa shape index (κ3) is 4.75. The highest BCUT2D eigenvalue weighted by Gasteiger charge is 2.32. The first-order valence-electron chi connectivity index (χ1n) is 8.45. The molecule has 0 aliphatic rings. The fraction of sp³-hybridized carbons (Fsp3) is 0.381. The van der Waals surface area contributed by atoms with Crippen LogP contribution in [0, 0.1) is 6.92 Å². The molecule has 0 saturated heterocycles. The Morgan fingerprint density at radius 2 is 1.92 bits per heavy atom. The van der Waals surface area contributed by atoms with Crippen molar-refractivity contribution in [2.75, 3.05) is 13.7 Å². The van der Waals surface area contributed by atoms with Crippen LogP contribution in [0.25, 0.3) is 0 Å². The number of phenolic OH excluding ortho intramolecular Hbond substituents is 1. The first-order valence-corrected chi connectivity index (χ1v) is 8.45. The maximum atomic E-state index is 12.5. The molecule has 0 unspecified atom stereocenters. The smallest absolute Gasteiger partial charge is 0.315 e. The Kier molecular flexibility index (Phi) is 6.07. The Morgan fingerprint density at radius 3 is 2.60 bits per heavy atom. The molecule has 0 amide bonds. The van der Waals surface area contributed by atoms with E-state index < -0.39 is 5.41 Å². The summed E-state index contributed by atoms with van der Waals surface area (Å²) in [6.45, 7) is 6.06. The number of ether oxygens (including phenoxy) is 2. The van der Waals surface area contributed by atoms with Gasteiger partial charge in [0.25, 0.3) is 0 Å². The van der Waals surface area contributed by atoms with Crippen LogP contribution >= 0.6 is 0 Å². The second-order valence-electron chi connectivity index (χ2n) is 6.74. The highest BCUT2D eigenvalue weighted by atomic mass is 16.5. The van der Waals surface area contributed by atoms with Gasteiger partial charge in [-0.25, -0.2) is 0 Å². The molecule has 4 heteroatoms. The predicted octanol–water partition coefficient (Wildman–Crippen LogP) is 4.16. The minimum absolute atomic E-state index is 0.0496. The quantitative estimate of drug-likeness (QED) is 0.606. The van der Waals surface area contributed by atoms with Crippen LogP contribution in [0.3, 0.4) is 0 Å². The van der Waals surface area contributed by atoms with E-state index in [1.807, 2.05) is 19.9 Å². The summed E-state index contributed by atoms with van der Waals surface area (Å²) in [6.07, 6.45) is 1.66. The highest BCUT2D eigenvalue weighted by Crippen LogP contribution is 2.33. The summed E-state index contributed by atoms with van der Waals surface area (Å²) < 4.78 is 10.6. The van der Waals surface area contributed by atoms with Gasteiger partial charge in [0, 0.05) is 0 Å². The van der Waals surface area contributed by atoms with Crippen molar-refractivity contribution in [3.05, 3.63) is 59.2 Å². The number of carbonyl (C=O) groups excluding carboxylic acids is 1. The third-order valence-electron chi connectivity index (χ3n) is 4.34. The molecule has 2 rings (SSSR count). The summed E-state index contributed by atoms with van der Waals surface area (Å²) in [5.41, 5.74) is 2.41. The average Bonchev–Trinajstić information content (AvgIpc) is 2.58. The van der Waals surface area contributed by atoms with E-state index in [9.17, 15) is 9.90 Å². The van der Waals surface area contributed by atoms with Crippen molar-refractivity contribution in [3.8, 4) is 11.5 Å². The molecule has 0 radical (unpaired) electrons. The molecule has 0 fully saturated rings. The second-order valence-corrected chi connectivity index (χ2v) is 6.74. The minimum Gasteiger partial charge on any atom is -0.504 e. The molecule has 25 heavy (non-hydrogen) atoms. The van der Waals surface area contributed by atoms with Gasteiger partial charge in [0.05, 0.1) is 19.1 Å². The van der Waals surface area contributed by atoms with E-state index in [1.54, 1.807) is 12.1 Å². The van der Waals surface area contributed by atoms with Gasteiger partial charge in [-0.15, -0.1) is 0 Å². The van der Waals surface area contributed by atoms with Gasteiger partial charge in [0.1, 0.15) is 0 Å². The van der Waals surface area contributed by atoms with E-state index in [4.69, 9.17) is 9.47 Å². The molecule has 0 bridgehead atoms. The molecule has 0 aromatic heterocycles. The number of hydrogen-bond donors (Lipinski definition) is 1. The lowest BCUT2D eigenvalue weighted by Gasteiger charge is -2.23. The first-order chi connectivity index (χ1) is 11.8. The zero-order chi connectivity index (χ0) is 18.4. The summed E-state index contributed by atoms with van der Waals surface area (Å²) in [6, 6.07) is 13.3. The molecule has 0 heterocycles. The summed E-state index contributed by atoms with van der Waals surface area (Å²) in [4.78, 5) is 12.5. The monoisotopic (exact) mass is 342 g/mol. The fourth-order valence-corrected chi connectivity index (χ4v) is 2.67. The number of benzene rings is 2. The van der Waals surface area contributed by atoms with Crippen LogP contribution < -0.4 is 4.74 Å². The first kappa shape index (κ1) is 18.8. The number of aromatic hydroxyl groups is 1. The normalized spacial score (nSPS) is 11.2. The molecule has 2 aromatic carbocycles. The molecule has 0 saturated carbocycles. The maximum Gasteiger partial charge on any atom is 0.315 e. The van der Waals surface area contributed by atoms with Crippen LogP contribution in [0.5, 0.6) is 11.5 Å². The van der Waals surface area contributed by atoms with Crippen molar-refractivity contribution in [3.63, 3.8) is 0 Å². The summed E-state index contributed by atoms with van der Waals surface area (Å²) in [7, 11) is 1.48. The molecule has 2 aromatic rings. The van der Waals surface area contributed by atoms with Gasteiger partial charge in [-0.2, -0.15) is 0 Å². The van der Waals surface area contributed by atoms with Crippen LogP contribution in [0.15, 0.2) is 42.5 Å². The van der Waals surface area contributed by atoms with Gasteiger partial charge in [-0.3, -0.25) is 4.79 Å². The molecule has 0 atom stereocenters. The highest BCUT2D eigenvalue weighted by molar-refractivity contribution is 5.82. The molecule has 134 valence electrons. The topological polar surface area (TPSA) is 55.8 Å². The van der Waals surface area contributed by atoms with Crippen molar-refractivity contribution in [2.45, 2.75) is 39.0 Å². The van der Waals surface area contributed by atoms with E-state index in [-0.39, 0.29) is 11.7 Å². The zero-order valence-electron chi connectivity index (χ0n) is 15.3. The maximum absolute atomic E-state index is 12.5. The van der Waals surface area contributed by atoms with Gasteiger partial charge in [-0.1, -0.05) is 35.9 Å². The van der Waals surface area contributed by atoms with Crippen LogP contribution in [-0.2, 0) is 21.4 Å². The fourth-order valence-electron chi connectivity index (χ4n) is 2.67. The van der Waals surface area contributed by atoms with Gasteiger partial charge in [0.2, 0.25) is 0 Å². The number of esters is 1. The van der Waals surface area contributed by atoms with Gasteiger partial charge in [-0.05, 0) is 56.9 Å². The third-order valence-corrected chi connectivity index (χ3v) is 4.34. The van der Waals surface area contributed by atoms with Crippen molar-refractivity contribution >= 4 is 5.97 Å². The van der Waals surface area contributed by atoms with E-state index in [0.29, 0.717) is 12.4 Å². The lowest BCUT2D eigenvalue weighted by Crippen LogP contribution is -2.31. The molecule has 0 aliphatic carbocycles. The lowest BCUT2D eigenvalue weighted by atomic mass is 9.84. The minimum atomic E-state index is -0.815. The summed E-state index contributed by atoms with van der Waals surface area (Å²) >= 11 is 0. The molecule has 0 aliphatic heterocycles. The second kappa shape index (κ2) is 8.06. The Balaban J connectivity index is 1.92. The molecule has 4 nitrogen and oxygen atoms in total. The number of hydrogen-bond acceptors (Lipinski definition) is 4. The SMILES string of the molecule is COc1cc(C(C)(C)C(=O)OCCCc2cccc(C)c2)ccc1O. The lowest BCUT2D eigenvalue weighted by molar-refractivity contribution is -0.149. The number of rotatable bonds is 7. The number of phenols is 1.